The molecule has 0 spiro atoms. The lowest BCUT2D eigenvalue weighted by Crippen LogP contribution is -2.20. The first-order valence-corrected chi connectivity index (χ1v) is 7.68. The van der Waals surface area contributed by atoms with E-state index in [1.807, 2.05) is 37.3 Å². The van der Waals surface area contributed by atoms with Gasteiger partial charge in [-0.05, 0) is 30.7 Å². The number of anilines is 2. The van der Waals surface area contributed by atoms with Crippen molar-refractivity contribution < 1.29 is 4.74 Å². The number of rotatable bonds is 5. The van der Waals surface area contributed by atoms with Crippen LogP contribution in [0.2, 0.25) is 0 Å². The average molecular weight is 338 g/mol. The minimum absolute atomic E-state index is 0.0730. The zero-order valence-corrected chi connectivity index (χ0v) is 13.6. The van der Waals surface area contributed by atoms with Crippen LogP contribution in [0.15, 0.2) is 47.5 Å². The molecule has 0 atom stereocenters. The molecule has 0 saturated heterocycles. The molecular weight excluding hydrogens is 320 g/mol. The maximum Gasteiger partial charge on any atom is 0.276 e. The number of benzene rings is 1. The number of nitrogens with two attached hydrogens (primary N) is 2. The first-order chi connectivity index (χ1) is 12.1. The first-order valence-electron chi connectivity index (χ1n) is 7.68. The Hall–Kier alpha value is -3.39. The number of nitrogens with zero attached hydrogens (tertiary/aromatic N) is 2. The number of aromatic nitrogens is 3. The molecule has 0 bridgehead atoms. The van der Waals surface area contributed by atoms with E-state index in [0.29, 0.717) is 23.7 Å². The van der Waals surface area contributed by atoms with Crippen molar-refractivity contribution in [3.63, 3.8) is 0 Å². The molecule has 3 rings (SSSR count). The van der Waals surface area contributed by atoms with Gasteiger partial charge in [-0.25, -0.2) is 10.8 Å². The van der Waals surface area contributed by atoms with Crippen LogP contribution in [0.3, 0.4) is 0 Å². The molecule has 25 heavy (non-hydrogen) atoms. The number of ether oxygens (including phenoxy) is 1. The molecule has 8 nitrogen and oxygen atoms in total. The van der Waals surface area contributed by atoms with Gasteiger partial charge in [-0.15, -0.1) is 0 Å². The summed E-state index contributed by atoms with van der Waals surface area (Å²) in [6, 6.07) is 9.42. The predicted octanol–water partition coefficient (Wildman–Crippen LogP) is 1.77. The molecule has 0 amide bonds. The normalized spacial score (nSPS) is 10.5. The number of nitrogen functional groups attached to an aromatic ring is 2. The van der Waals surface area contributed by atoms with E-state index >= 15 is 0 Å². The zero-order valence-electron chi connectivity index (χ0n) is 13.6. The van der Waals surface area contributed by atoms with Crippen molar-refractivity contribution in [1.29, 1.82) is 0 Å². The largest absolute Gasteiger partial charge is 0.493 e. The molecule has 0 saturated carbocycles. The second kappa shape index (κ2) is 7.02. The zero-order chi connectivity index (χ0) is 17.8. The highest BCUT2D eigenvalue weighted by Gasteiger charge is 2.14. The van der Waals surface area contributed by atoms with Crippen LogP contribution in [-0.4, -0.2) is 21.6 Å². The van der Waals surface area contributed by atoms with Crippen LogP contribution in [0.5, 0.6) is 5.75 Å². The summed E-state index contributed by atoms with van der Waals surface area (Å²) in [5.74, 6) is 6.39. The van der Waals surface area contributed by atoms with Crippen molar-refractivity contribution in [3.05, 3.63) is 53.1 Å². The Labute approximate surface area is 143 Å². The third-order valence-corrected chi connectivity index (χ3v) is 3.62. The fourth-order valence-electron chi connectivity index (χ4n) is 2.43. The van der Waals surface area contributed by atoms with Crippen molar-refractivity contribution >= 4 is 11.5 Å². The van der Waals surface area contributed by atoms with Crippen LogP contribution in [0.4, 0.5) is 11.5 Å². The summed E-state index contributed by atoms with van der Waals surface area (Å²) < 4.78 is 5.73. The van der Waals surface area contributed by atoms with Crippen molar-refractivity contribution in [2.75, 3.05) is 17.8 Å². The van der Waals surface area contributed by atoms with Gasteiger partial charge in [-0.3, -0.25) is 9.78 Å². The van der Waals surface area contributed by atoms with Gasteiger partial charge < -0.3 is 20.9 Å². The lowest BCUT2D eigenvalue weighted by Gasteiger charge is -2.13. The molecular formula is C17H18N6O2. The van der Waals surface area contributed by atoms with Crippen LogP contribution >= 0.6 is 0 Å². The van der Waals surface area contributed by atoms with E-state index in [2.05, 4.69) is 20.4 Å². The number of nitrogens with one attached hydrogen (secondary N) is 2. The molecule has 1 aromatic carbocycles. The average Bonchev–Trinajstić information content (AvgIpc) is 2.65. The van der Waals surface area contributed by atoms with E-state index in [1.54, 1.807) is 12.4 Å². The highest BCUT2D eigenvalue weighted by molar-refractivity contribution is 5.74. The van der Waals surface area contributed by atoms with Crippen LogP contribution in [0.1, 0.15) is 6.92 Å². The Morgan fingerprint density at radius 1 is 1.28 bits per heavy atom. The fourth-order valence-corrected chi connectivity index (χ4v) is 2.43. The van der Waals surface area contributed by atoms with Gasteiger partial charge in [0.25, 0.3) is 5.56 Å². The van der Waals surface area contributed by atoms with Gasteiger partial charge >= 0.3 is 0 Å². The molecule has 8 heteroatoms. The topological polar surface area (TPSA) is 132 Å². The summed E-state index contributed by atoms with van der Waals surface area (Å²) in [7, 11) is 0. The predicted molar refractivity (Wildman–Crippen MR) is 96.9 cm³/mol. The van der Waals surface area contributed by atoms with Crippen LogP contribution < -0.4 is 27.3 Å². The van der Waals surface area contributed by atoms with Crippen molar-refractivity contribution in [3.8, 4) is 28.3 Å². The highest BCUT2D eigenvalue weighted by atomic mass is 16.5. The summed E-state index contributed by atoms with van der Waals surface area (Å²) in [6.45, 7) is 2.34. The van der Waals surface area contributed by atoms with Crippen molar-refractivity contribution in [2.45, 2.75) is 6.92 Å². The Kier molecular flexibility index (Phi) is 4.62. The number of hydrogen-bond acceptors (Lipinski definition) is 7. The van der Waals surface area contributed by atoms with Gasteiger partial charge in [0.2, 0.25) is 0 Å². The van der Waals surface area contributed by atoms with Gasteiger partial charge in [0.05, 0.1) is 12.2 Å². The molecule has 6 N–H and O–H groups in total. The summed E-state index contributed by atoms with van der Waals surface area (Å²) >= 11 is 0. The number of hydrogen-bond donors (Lipinski definition) is 4. The minimum Gasteiger partial charge on any atom is -0.493 e. The van der Waals surface area contributed by atoms with E-state index in [-0.39, 0.29) is 11.5 Å². The summed E-state index contributed by atoms with van der Waals surface area (Å²) in [5, 5.41) is 0. The molecule has 0 aliphatic rings. The molecule has 0 aliphatic carbocycles. The number of hydrazine groups is 1. The highest BCUT2D eigenvalue weighted by Crippen LogP contribution is 2.33. The molecule has 0 aliphatic heterocycles. The summed E-state index contributed by atoms with van der Waals surface area (Å²) in [6.07, 6.45) is 3.48. The van der Waals surface area contributed by atoms with Crippen molar-refractivity contribution in [2.24, 2.45) is 5.84 Å². The monoisotopic (exact) mass is 338 g/mol. The van der Waals surface area contributed by atoms with E-state index < -0.39 is 5.56 Å². The summed E-state index contributed by atoms with van der Waals surface area (Å²) in [5.41, 5.74) is 9.96. The minimum atomic E-state index is -0.475. The molecule has 3 aromatic rings. The Balaban J connectivity index is 2.13. The smallest absolute Gasteiger partial charge is 0.276 e. The first kappa shape index (κ1) is 16.5. The standard InChI is InChI=1S/C17H18N6O2/c1-2-25-13-8-10(11-4-3-7-20-9-11)5-6-12(13)15-21-16(23-19)14(18)17(24)22-15/h3-9H,2,18-19H2,1H3,(H2,21,22,23,24). The molecule has 0 radical (unpaired) electrons. The maximum atomic E-state index is 12.0. The molecule has 2 heterocycles. The second-order valence-corrected chi connectivity index (χ2v) is 5.21. The maximum absolute atomic E-state index is 12.0. The SMILES string of the molecule is CCOc1cc(-c2cccnc2)ccc1-c1nc(NN)c(N)c(=O)[nH]1. The van der Waals surface area contributed by atoms with Gasteiger partial charge in [0.1, 0.15) is 17.3 Å². The molecule has 0 unspecified atom stereocenters. The molecule has 2 aromatic heterocycles. The van der Waals surface area contributed by atoms with Crippen LogP contribution in [-0.2, 0) is 0 Å². The molecule has 0 fully saturated rings. The van der Waals surface area contributed by atoms with Gasteiger partial charge in [-0.1, -0.05) is 12.1 Å². The van der Waals surface area contributed by atoms with Gasteiger partial charge in [0, 0.05) is 18.0 Å². The van der Waals surface area contributed by atoms with E-state index in [4.69, 9.17) is 16.3 Å². The number of H-pyrrole nitrogens is 1. The van der Waals surface area contributed by atoms with Crippen LogP contribution in [0.25, 0.3) is 22.5 Å². The lowest BCUT2D eigenvalue weighted by molar-refractivity contribution is 0.341. The number of aromatic amines is 1. The van der Waals surface area contributed by atoms with Gasteiger partial charge in [0.15, 0.2) is 5.82 Å². The van der Waals surface area contributed by atoms with E-state index in [1.165, 1.54) is 0 Å². The van der Waals surface area contributed by atoms with Crippen LogP contribution in [0, 0.1) is 0 Å². The quantitative estimate of drug-likeness (QED) is 0.411. The van der Waals surface area contributed by atoms with Crippen molar-refractivity contribution in [1.82, 2.24) is 15.0 Å². The Morgan fingerprint density at radius 3 is 2.80 bits per heavy atom. The summed E-state index contributed by atoms with van der Waals surface area (Å²) in [4.78, 5) is 23.0. The third-order valence-electron chi connectivity index (χ3n) is 3.62. The Bertz CT molecular complexity index is 940. The van der Waals surface area contributed by atoms with Gasteiger partial charge in [-0.2, -0.15) is 0 Å². The fraction of sp³-hybridized carbons (Fsp3) is 0.118. The molecule has 128 valence electrons. The Morgan fingerprint density at radius 2 is 2.12 bits per heavy atom. The third kappa shape index (κ3) is 3.29. The second-order valence-electron chi connectivity index (χ2n) is 5.21. The van der Waals surface area contributed by atoms with E-state index in [9.17, 15) is 4.79 Å². The van der Waals surface area contributed by atoms with E-state index in [0.717, 1.165) is 11.1 Å². The number of pyridine rings is 1. The lowest BCUT2D eigenvalue weighted by atomic mass is 10.0.